The third-order valence-corrected chi connectivity index (χ3v) is 3.32. The zero-order chi connectivity index (χ0) is 12.5. The van der Waals surface area contributed by atoms with Crippen molar-refractivity contribution in [1.29, 1.82) is 0 Å². The Morgan fingerprint density at radius 3 is 2.88 bits per heavy atom. The van der Waals surface area contributed by atoms with Gasteiger partial charge in [-0.1, -0.05) is 11.6 Å². The van der Waals surface area contributed by atoms with Crippen LogP contribution in [0.5, 0.6) is 0 Å². The average molecular weight is 258 g/mol. The lowest BCUT2D eigenvalue weighted by Gasteiger charge is -2.20. The molecule has 2 rings (SSSR count). The zero-order valence-electron chi connectivity index (χ0n) is 10.1. The van der Waals surface area contributed by atoms with Gasteiger partial charge in [0, 0.05) is 6.54 Å². The minimum atomic E-state index is -0.321. The molecule has 1 heterocycles. The molecule has 1 aliphatic heterocycles. The Kier molecular flexibility index (Phi) is 3.59. The summed E-state index contributed by atoms with van der Waals surface area (Å²) in [5.41, 5.74) is 0.722. The molecule has 0 aliphatic carbocycles. The number of hydrogen-bond donors (Lipinski definition) is 1. The highest BCUT2D eigenvalue weighted by Gasteiger charge is 2.31. The van der Waals surface area contributed by atoms with Gasteiger partial charge in [-0.15, -0.1) is 0 Å². The van der Waals surface area contributed by atoms with Gasteiger partial charge in [0.15, 0.2) is 0 Å². The van der Waals surface area contributed by atoms with Crippen molar-refractivity contribution >= 4 is 17.3 Å². The number of rotatable bonds is 3. The second-order valence-corrected chi connectivity index (χ2v) is 5.45. The predicted octanol–water partition coefficient (Wildman–Crippen LogP) is 3.85. The van der Waals surface area contributed by atoms with E-state index in [0.29, 0.717) is 11.6 Å². The summed E-state index contributed by atoms with van der Waals surface area (Å²) >= 11 is 5.93. The van der Waals surface area contributed by atoms with Crippen molar-refractivity contribution in [3.63, 3.8) is 0 Å². The van der Waals surface area contributed by atoms with Crippen LogP contribution in [0.25, 0.3) is 0 Å². The fourth-order valence-electron chi connectivity index (χ4n) is 2.08. The van der Waals surface area contributed by atoms with Crippen LogP contribution in [0.15, 0.2) is 18.2 Å². The van der Waals surface area contributed by atoms with E-state index in [1.165, 1.54) is 12.1 Å². The summed E-state index contributed by atoms with van der Waals surface area (Å²) in [4.78, 5) is 0. The van der Waals surface area contributed by atoms with Gasteiger partial charge in [0.05, 0.1) is 22.4 Å². The minimum Gasteiger partial charge on any atom is -0.381 e. The zero-order valence-corrected chi connectivity index (χ0v) is 10.9. The summed E-state index contributed by atoms with van der Waals surface area (Å²) in [5, 5.41) is 3.60. The molecular formula is C13H17ClFNO. The Morgan fingerprint density at radius 1 is 1.53 bits per heavy atom. The van der Waals surface area contributed by atoms with Gasteiger partial charge in [-0.2, -0.15) is 0 Å². The van der Waals surface area contributed by atoms with E-state index < -0.39 is 0 Å². The maximum absolute atomic E-state index is 12.9. The molecule has 1 unspecified atom stereocenters. The highest BCUT2D eigenvalue weighted by atomic mass is 35.5. The van der Waals surface area contributed by atoms with E-state index >= 15 is 0 Å². The molecule has 1 aliphatic rings. The molecule has 1 aromatic carbocycles. The topological polar surface area (TPSA) is 21.3 Å². The van der Waals surface area contributed by atoms with Gasteiger partial charge in [0.25, 0.3) is 0 Å². The van der Waals surface area contributed by atoms with Crippen molar-refractivity contribution in [2.24, 2.45) is 0 Å². The fraction of sp³-hybridized carbons (Fsp3) is 0.538. The first kappa shape index (κ1) is 12.7. The van der Waals surface area contributed by atoms with Crippen LogP contribution in [0, 0.1) is 5.82 Å². The maximum Gasteiger partial charge on any atom is 0.124 e. The van der Waals surface area contributed by atoms with Gasteiger partial charge in [-0.25, -0.2) is 4.39 Å². The first-order valence-electron chi connectivity index (χ1n) is 5.83. The van der Waals surface area contributed by atoms with E-state index in [9.17, 15) is 4.39 Å². The third-order valence-electron chi connectivity index (χ3n) is 3.01. The molecular weight excluding hydrogens is 241 g/mol. The van der Waals surface area contributed by atoms with E-state index in [1.54, 1.807) is 6.07 Å². The lowest BCUT2D eigenvalue weighted by atomic mass is 10.1. The van der Waals surface area contributed by atoms with E-state index in [0.717, 1.165) is 18.5 Å². The van der Waals surface area contributed by atoms with Crippen LogP contribution in [0.2, 0.25) is 5.02 Å². The number of ether oxygens (including phenoxy) is 1. The molecule has 1 fully saturated rings. The Morgan fingerprint density at radius 2 is 2.29 bits per heavy atom. The molecule has 0 bridgehead atoms. The Balaban J connectivity index is 1.90. The number of halogens is 2. The van der Waals surface area contributed by atoms with Crippen LogP contribution in [0.3, 0.4) is 0 Å². The Hall–Kier alpha value is -0.800. The standard InChI is InChI=1S/C13H17ClFNO/c1-13(2)6-5-10(17-13)8-16-12-4-3-9(15)7-11(12)14/h3-4,7,10,16H,5-6,8H2,1-2H3. The van der Waals surface area contributed by atoms with E-state index in [4.69, 9.17) is 16.3 Å². The smallest absolute Gasteiger partial charge is 0.124 e. The Bertz CT molecular complexity index is 408. The molecule has 94 valence electrons. The largest absolute Gasteiger partial charge is 0.381 e. The van der Waals surface area contributed by atoms with Crippen molar-refractivity contribution < 1.29 is 9.13 Å². The average Bonchev–Trinajstić information content (AvgIpc) is 2.57. The van der Waals surface area contributed by atoms with Gasteiger partial charge in [0.2, 0.25) is 0 Å². The van der Waals surface area contributed by atoms with Crippen molar-refractivity contribution in [2.75, 3.05) is 11.9 Å². The normalized spacial score (nSPS) is 22.7. The number of anilines is 1. The molecule has 1 N–H and O–H groups in total. The molecule has 2 nitrogen and oxygen atoms in total. The van der Waals surface area contributed by atoms with Crippen molar-refractivity contribution in [3.05, 3.63) is 29.0 Å². The summed E-state index contributed by atoms with van der Waals surface area (Å²) in [6.07, 6.45) is 2.31. The van der Waals surface area contributed by atoms with Crippen LogP contribution in [-0.2, 0) is 4.74 Å². The molecule has 0 amide bonds. The summed E-state index contributed by atoms with van der Waals surface area (Å²) in [6.45, 7) is 4.89. The van der Waals surface area contributed by atoms with Gasteiger partial charge in [0.1, 0.15) is 5.82 Å². The van der Waals surface area contributed by atoms with E-state index in [1.807, 2.05) is 0 Å². The third kappa shape index (κ3) is 3.33. The highest BCUT2D eigenvalue weighted by Crippen LogP contribution is 2.30. The first-order valence-corrected chi connectivity index (χ1v) is 6.21. The van der Waals surface area contributed by atoms with Crippen LogP contribution < -0.4 is 5.32 Å². The van der Waals surface area contributed by atoms with Crippen molar-refractivity contribution in [1.82, 2.24) is 0 Å². The summed E-state index contributed by atoms with van der Waals surface area (Å²) in [7, 11) is 0. The second kappa shape index (κ2) is 4.83. The number of benzene rings is 1. The molecule has 4 heteroatoms. The molecule has 1 aromatic rings. The molecule has 0 radical (unpaired) electrons. The quantitative estimate of drug-likeness (QED) is 0.888. The molecule has 0 spiro atoms. The summed E-state index contributed by atoms with van der Waals surface area (Å²) in [6, 6.07) is 4.36. The first-order chi connectivity index (χ1) is 7.96. The van der Waals surface area contributed by atoms with Crippen LogP contribution in [-0.4, -0.2) is 18.2 Å². The molecule has 17 heavy (non-hydrogen) atoms. The fourth-order valence-corrected chi connectivity index (χ4v) is 2.31. The number of hydrogen-bond acceptors (Lipinski definition) is 2. The lowest BCUT2D eigenvalue weighted by Crippen LogP contribution is -2.24. The van der Waals surface area contributed by atoms with Crippen LogP contribution in [0.4, 0.5) is 10.1 Å². The predicted molar refractivity (Wildman–Crippen MR) is 68.1 cm³/mol. The molecule has 1 saturated heterocycles. The highest BCUT2D eigenvalue weighted by molar-refractivity contribution is 6.33. The molecule has 1 atom stereocenters. The summed E-state index contributed by atoms with van der Waals surface area (Å²) < 4.78 is 18.7. The number of nitrogens with one attached hydrogen (secondary N) is 1. The SMILES string of the molecule is CC1(C)CCC(CNc2ccc(F)cc2Cl)O1. The maximum atomic E-state index is 12.9. The summed E-state index contributed by atoms with van der Waals surface area (Å²) in [5.74, 6) is -0.321. The van der Waals surface area contributed by atoms with Gasteiger partial charge in [-0.3, -0.25) is 0 Å². The molecule has 0 aromatic heterocycles. The van der Waals surface area contributed by atoms with Crippen molar-refractivity contribution in [3.8, 4) is 0 Å². The second-order valence-electron chi connectivity index (χ2n) is 5.04. The van der Waals surface area contributed by atoms with E-state index in [-0.39, 0.29) is 17.5 Å². The van der Waals surface area contributed by atoms with E-state index in [2.05, 4.69) is 19.2 Å². The lowest BCUT2D eigenvalue weighted by molar-refractivity contribution is -0.00910. The Labute approximate surface area is 106 Å². The minimum absolute atomic E-state index is 0.0288. The van der Waals surface area contributed by atoms with Crippen molar-refractivity contribution in [2.45, 2.75) is 38.4 Å². The van der Waals surface area contributed by atoms with Crippen LogP contribution >= 0.6 is 11.6 Å². The van der Waals surface area contributed by atoms with Crippen LogP contribution in [0.1, 0.15) is 26.7 Å². The monoisotopic (exact) mass is 257 g/mol. The van der Waals surface area contributed by atoms with Gasteiger partial charge in [-0.05, 0) is 44.9 Å². The van der Waals surface area contributed by atoms with Gasteiger partial charge < -0.3 is 10.1 Å². The van der Waals surface area contributed by atoms with Gasteiger partial charge >= 0.3 is 0 Å². The molecule has 0 saturated carbocycles.